The zero-order chi connectivity index (χ0) is 16.2. The topological polar surface area (TPSA) is 70.7 Å². The molecule has 1 aromatic carbocycles. The van der Waals surface area contributed by atoms with Gasteiger partial charge in [-0.1, -0.05) is 29.3 Å². The number of hydrogen-bond donors (Lipinski definition) is 2. The maximum absolute atomic E-state index is 12.1. The van der Waals surface area contributed by atoms with Crippen molar-refractivity contribution < 1.29 is 4.79 Å². The molecule has 0 aliphatic carbocycles. The number of aromatic amines is 1. The van der Waals surface area contributed by atoms with Crippen LogP contribution in [0.25, 0.3) is 11.1 Å². The molecule has 1 amide bonds. The Morgan fingerprint density at radius 3 is 2.48 bits per heavy atom. The van der Waals surface area contributed by atoms with E-state index in [4.69, 9.17) is 23.2 Å². The molecular weight excluding hydrogens is 335 g/mol. The molecule has 23 heavy (non-hydrogen) atoms. The summed E-state index contributed by atoms with van der Waals surface area (Å²) in [4.78, 5) is 16.3. The van der Waals surface area contributed by atoms with Crippen LogP contribution >= 0.6 is 23.2 Å². The molecule has 2 N–H and O–H groups in total. The molecule has 0 aliphatic heterocycles. The van der Waals surface area contributed by atoms with Crippen molar-refractivity contribution in [3.05, 3.63) is 70.2 Å². The maximum atomic E-state index is 12.1. The number of H-pyrrole nitrogens is 1. The second kappa shape index (κ2) is 6.81. The Morgan fingerprint density at radius 2 is 1.87 bits per heavy atom. The number of aromatic nitrogens is 3. The molecule has 2 aromatic heterocycles. The van der Waals surface area contributed by atoms with Crippen LogP contribution in [0, 0.1) is 0 Å². The molecule has 5 nitrogen and oxygen atoms in total. The fraction of sp³-hybridized carbons (Fsp3) is 0.0625. The molecule has 0 atom stereocenters. The second-order valence-corrected chi connectivity index (χ2v) is 5.75. The van der Waals surface area contributed by atoms with Gasteiger partial charge in [0.2, 0.25) is 0 Å². The highest BCUT2D eigenvalue weighted by molar-refractivity contribution is 6.34. The number of nitrogens with one attached hydrogen (secondary N) is 2. The van der Waals surface area contributed by atoms with Gasteiger partial charge in [0.05, 0.1) is 6.20 Å². The van der Waals surface area contributed by atoms with Gasteiger partial charge in [0.1, 0.15) is 5.69 Å². The minimum absolute atomic E-state index is 0.264. The molecule has 0 radical (unpaired) electrons. The summed E-state index contributed by atoms with van der Waals surface area (Å²) in [5, 5.41) is 10.5. The molecular formula is C16H12Cl2N4O. The van der Waals surface area contributed by atoms with Crippen LogP contribution in [0.4, 0.5) is 0 Å². The highest BCUT2D eigenvalue weighted by Crippen LogP contribution is 2.19. The van der Waals surface area contributed by atoms with E-state index in [1.165, 1.54) is 0 Å². The van der Waals surface area contributed by atoms with Crippen LogP contribution in [-0.4, -0.2) is 21.1 Å². The third-order valence-corrected chi connectivity index (χ3v) is 3.64. The van der Waals surface area contributed by atoms with Gasteiger partial charge < -0.3 is 5.32 Å². The molecule has 0 unspecified atom stereocenters. The fourth-order valence-electron chi connectivity index (χ4n) is 2.09. The van der Waals surface area contributed by atoms with Gasteiger partial charge >= 0.3 is 0 Å². The fourth-order valence-corrected chi connectivity index (χ4v) is 2.66. The lowest BCUT2D eigenvalue weighted by atomic mass is 10.1. The number of nitrogens with zero attached hydrogens (tertiary/aromatic N) is 2. The Balaban J connectivity index is 1.66. The molecule has 7 heteroatoms. The summed E-state index contributed by atoms with van der Waals surface area (Å²) in [5.74, 6) is -0.264. The summed E-state index contributed by atoms with van der Waals surface area (Å²) in [6, 6.07) is 8.64. The van der Waals surface area contributed by atoms with Gasteiger partial charge in [-0.2, -0.15) is 5.10 Å². The first-order chi connectivity index (χ1) is 11.1. The average molecular weight is 347 g/mol. The van der Waals surface area contributed by atoms with E-state index in [0.29, 0.717) is 22.3 Å². The number of rotatable bonds is 4. The van der Waals surface area contributed by atoms with E-state index in [2.05, 4.69) is 20.5 Å². The van der Waals surface area contributed by atoms with Crippen molar-refractivity contribution in [1.29, 1.82) is 0 Å². The zero-order valence-electron chi connectivity index (χ0n) is 11.9. The number of carbonyl (C=O) groups excluding carboxylic acids is 1. The van der Waals surface area contributed by atoms with Gasteiger partial charge in [0.25, 0.3) is 5.91 Å². The van der Waals surface area contributed by atoms with Crippen LogP contribution in [0.5, 0.6) is 0 Å². The van der Waals surface area contributed by atoms with Crippen LogP contribution in [0.3, 0.4) is 0 Å². The monoisotopic (exact) mass is 346 g/mol. The summed E-state index contributed by atoms with van der Waals surface area (Å²) >= 11 is 11.9. The van der Waals surface area contributed by atoms with Crippen molar-refractivity contribution in [2.45, 2.75) is 6.54 Å². The van der Waals surface area contributed by atoms with E-state index in [9.17, 15) is 4.79 Å². The third-order valence-electron chi connectivity index (χ3n) is 3.20. The van der Waals surface area contributed by atoms with Crippen LogP contribution in [0.1, 0.15) is 16.1 Å². The standard InChI is InChI=1S/C16H12Cl2N4O/c17-13-3-10(4-14(18)5-13)6-20-16(23)15-2-1-11(7-19-15)12-8-21-22-9-12/h1-5,7-9H,6H2,(H,20,23)(H,21,22). The molecule has 2 heterocycles. The number of carbonyl (C=O) groups is 1. The van der Waals surface area contributed by atoms with E-state index in [1.54, 1.807) is 42.9 Å². The predicted molar refractivity (Wildman–Crippen MR) is 89.5 cm³/mol. The Morgan fingerprint density at radius 1 is 1.09 bits per heavy atom. The van der Waals surface area contributed by atoms with Crippen LogP contribution in [0.15, 0.2) is 48.9 Å². The molecule has 116 valence electrons. The molecule has 0 bridgehead atoms. The number of amides is 1. The van der Waals surface area contributed by atoms with Gasteiger partial charge in [0.15, 0.2) is 0 Å². The molecule has 3 rings (SSSR count). The smallest absolute Gasteiger partial charge is 0.270 e. The first-order valence-corrected chi connectivity index (χ1v) is 7.56. The van der Waals surface area contributed by atoms with Gasteiger partial charge in [-0.05, 0) is 29.8 Å². The van der Waals surface area contributed by atoms with Gasteiger partial charge in [-0.3, -0.25) is 14.9 Å². The SMILES string of the molecule is O=C(NCc1cc(Cl)cc(Cl)c1)c1ccc(-c2cn[nH]c2)cn1. The van der Waals surface area contributed by atoms with Gasteiger partial charge in [-0.15, -0.1) is 0 Å². The molecule has 0 saturated carbocycles. The summed E-state index contributed by atoms with van der Waals surface area (Å²) in [6.07, 6.45) is 5.09. The number of hydrogen-bond acceptors (Lipinski definition) is 3. The summed E-state index contributed by atoms with van der Waals surface area (Å²) in [6.45, 7) is 0.324. The first-order valence-electron chi connectivity index (χ1n) is 6.80. The van der Waals surface area contributed by atoms with Gasteiger partial charge in [-0.25, -0.2) is 0 Å². The number of halogens is 2. The van der Waals surface area contributed by atoms with Crippen LogP contribution in [-0.2, 0) is 6.54 Å². The average Bonchev–Trinajstić information content (AvgIpc) is 3.06. The zero-order valence-corrected chi connectivity index (χ0v) is 13.4. The Labute approximate surface area is 142 Å². The molecule has 0 spiro atoms. The lowest BCUT2D eigenvalue weighted by Gasteiger charge is -2.06. The van der Waals surface area contributed by atoms with Gasteiger partial charge in [0, 0.05) is 40.1 Å². The highest BCUT2D eigenvalue weighted by atomic mass is 35.5. The lowest BCUT2D eigenvalue weighted by Crippen LogP contribution is -2.23. The van der Waals surface area contributed by atoms with Crippen molar-refractivity contribution in [3.63, 3.8) is 0 Å². The highest BCUT2D eigenvalue weighted by Gasteiger charge is 2.08. The molecule has 0 saturated heterocycles. The maximum Gasteiger partial charge on any atom is 0.270 e. The van der Waals surface area contributed by atoms with Crippen molar-refractivity contribution >= 4 is 29.1 Å². The molecule has 0 fully saturated rings. The quantitative estimate of drug-likeness (QED) is 0.756. The molecule has 0 aliphatic rings. The minimum Gasteiger partial charge on any atom is -0.347 e. The van der Waals surface area contributed by atoms with Crippen LogP contribution < -0.4 is 5.32 Å². The van der Waals surface area contributed by atoms with E-state index in [-0.39, 0.29) is 5.91 Å². The lowest BCUT2D eigenvalue weighted by molar-refractivity contribution is 0.0946. The molecule has 3 aromatic rings. The van der Waals surface area contributed by atoms with E-state index in [1.807, 2.05) is 6.07 Å². The van der Waals surface area contributed by atoms with Crippen molar-refractivity contribution in [1.82, 2.24) is 20.5 Å². The van der Waals surface area contributed by atoms with Crippen molar-refractivity contribution in [2.75, 3.05) is 0 Å². The number of benzene rings is 1. The second-order valence-electron chi connectivity index (χ2n) is 4.88. The van der Waals surface area contributed by atoms with E-state index < -0.39 is 0 Å². The Bertz CT molecular complexity index is 796. The van der Waals surface area contributed by atoms with Crippen molar-refractivity contribution in [3.8, 4) is 11.1 Å². The summed E-state index contributed by atoms with van der Waals surface area (Å²) in [5.41, 5.74) is 2.96. The summed E-state index contributed by atoms with van der Waals surface area (Å²) in [7, 11) is 0. The normalized spacial score (nSPS) is 10.5. The first kappa shape index (κ1) is 15.5. The van der Waals surface area contributed by atoms with Crippen molar-refractivity contribution in [2.24, 2.45) is 0 Å². The number of pyridine rings is 1. The predicted octanol–water partition coefficient (Wildman–Crippen LogP) is 3.71. The van der Waals surface area contributed by atoms with E-state index >= 15 is 0 Å². The minimum atomic E-state index is -0.264. The van der Waals surface area contributed by atoms with Crippen LogP contribution in [0.2, 0.25) is 10.0 Å². The Kier molecular flexibility index (Phi) is 4.60. The Hall–Kier alpha value is -2.37. The van der Waals surface area contributed by atoms with E-state index in [0.717, 1.165) is 16.7 Å². The summed E-state index contributed by atoms with van der Waals surface area (Å²) < 4.78 is 0. The largest absolute Gasteiger partial charge is 0.347 e. The third kappa shape index (κ3) is 3.88.